The SMILES string of the molecule is Cc1ocnc1C(F)(F)F. The van der Waals surface area contributed by atoms with Gasteiger partial charge in [0, 0.05) is 0 Å². The standard InChI is InChI=1S/C5H4F3NO/c1-3-4(5(6,7)8)9-2-10-3/h2H,1H3. The first-order chi connectivity index (χ1) is 4.52. The number of nitrogens with zero attached hydrogens (tertiary/aromatic N) is 1. The number of aromatic nitrogens is 1. The third kappa shape index (κ3) is 1.12. The zero-order valence-electron chi connectivity index (χ0n) is 5.07. The highest BCUT2D eigenvalue weighted by Gasteiger charge is 2.35. The first-order valence-corrected chi connectivity index (χ1v) is 2.49. The zero-order chi connectivity index (χ0) is 7.78. The minimum absolute atomic E-state index is 0.201. The van der Waals surface area contributed by atoms with Gasteiger partial charge in [0.05, 0.1) is 0 Å². The minimum atomic E-state index is -4.39. The second-order valence-corrected chi connectivity index (χ2v) is 1.75. The summed E-state index contributed by atoms with van der Waals surface area (Å²) in [6, 6.07) is 0. The Labute approximate surface area is 54.7 Å². The molecule has 0 aromatic carbocycles. The first kappa shape index (κ1) is 7.11. The second-order valence-electron chi connectivity index (χ2n) is 1.75. The molecule has 0 aliphatic rings. The summed E-state index contributed by atoms with van der Waals surface area (Å²) < 4.78 is 39.6. The Morgan fingerprint density at radius 3 is 2.30 bits per heavy atom. The number of halogens is 3. The van der Waals surface area contributed by atoms with Crippen LogP contribution in [-0.4, -0.2) is 4.98 Å². The third-order valence-corrected chi connectivity index (χ3v) is 1.01. The Balaban J connectivity index is 3.05. The van der Waals surface area contributed by atoms with Crippen LogP contribution in [0.15, 0.2) is 10.8 Å². The van der Waals surface area contributed by atoms with Crippen LogP contribution in [0.2, 0.25) is 0 Å². The maximum absolute atomic E-state index is 11.8. The van der Waals surface area contributed by atoms with E-state index in [0.717, 1.165) is 6.39 Å². The molecule has 10 heavy (non-hydrogen) atoms. The third-order valence-electron chi connectivity index (χ3n) is 1.01. The smallest absolute Gasteiger partial charge is 0.436 e. The number of aryl methyl sites for hydroxylation is 1. The molecule has 1 heterocycles. The van der Waals surface area contributed by atoms with Crippen LogP contribution < -0.4 is 0 Å². The van der Waals surface area contributed by atoms with Gasteiger partial charge in [-0.2, -0.15) is 13.2 Å². The summed E-state index contributed by atoms with van der Waals surface area (Å²) in [6.45, 7) is 1.22. The van der Waals surface area contributed by atoms with Crippen molar-refractivity contribution in [3.63, 3.8) is 0 Å². The van der Waals surface area contributed by atoms with E-state index in [1.54, 1.807) is 0 Å². The van der Waals surface area contributed by atoms with Crippen molar-refractivity contribution < 1.29 is 17.6 Å². The highest BCUT2D eigenvalue weighted by atomic mass is 19.4. The van der Waals surface area contributed by atoms with Crippen molar-refractivity contribution in [1.29, 1.82) is 0 Å². The fourth-order valence-electron chi connectivity index (χ4n) is 0.578. The summed E-state index contributed by atoms with van der Waals surface area (Å²) in [5, 5.41) is 0. The largest absolute Gasteiger partial charge is 0.448 e. The van der Waals surface area contributed by atoms with E-state index in [-0.39, 0.29) is 5.76 Å². The fraction of sp³-hybridized carbons (Fsp3) is 0.400. The van der Waals surface area contributed by atoms with Crippen molar-refractivity contribution in [3.8, 4) is 0 Å². The average Bonchev–Trinajstić information content (AvgIpc) is 2.11. The van der Waals surface area contributed by atoms with Crippen molar-refractivity contribution in [3.05, 3.63) is 17.8 Å². The molecule has 0 spiro atoms. The van der Waals surface area contributed by atoms with Crippen LogP contribution in [0.4, 0.5) is 13.2 Å². The molecule has 0 aliphatic heterocycles. The molecular weight excluding hydrogens is 147 g/mol. The lowest BCUT2D eigenvalue weighted by Gasteiger charge is -2.00. The Kier molecular flexibility index (Phi) is 1.42. The minimum Gasteiger partial charge on any atom is -0.448 e. The summed E-state index contributed by atoms with van der Waals surface area (Å²) in [4.78, 5) is 3.00. The monoisotopic (exact) mass is 151 g/mol. The van der Waals surface area contributed by atoms with Gasteiger partial charge in [0.2, 0.25) is 0 Å². The van der Waals surface area contributed by atoms with Crippen LogP contribution >= 0.6 is 0 Å². The Bertz CT molecular complexity index is 227. The molecular formula is C5H4F3NO. The molecule has 5 heteroatoms. The summed E-state index contributed by atoms with van der Waals surface area (Å²) >= 11 is 0. The lowest BCUT2D eigenvalue weighted by molar-refractivity contribution is -0.141. The fourth-order valence-corrected chi connectivity index (χ4v) is 0.578. The second kappa shape index (κ2) is 2.00. The van der Waals surface area contributed by atoms with Crippen LogP contribution in [0, 0.1) is 6.92 Å². The number of alkyl halides is 3. The van der Waals surface area contributed by atoms with Gasteiger partial charge in [-0.25, -0.2) is 4.98 Å². The lowest BCUT2D eigenvalue weighted by atomic mass is 10.4. The van der Waals surface area contributed by atoms with E-state index in [9.17, 15) is 13.2 Å². The molecule has 0 fully saturated rings. The van der Waals surface area contributed by atoms with Crippen LogP contribution in [0.5, 0.6) is 0 Å². The van der Waals surface area contributed by atoms with Gasteiger partial charge in [-0.3, -0.25) is 0 Å². The van der Waals surface area contributed by atoms with Crippen molar-refractivity contribution >= 4 is 0 Å². The Morgan fingerprint density at radius 2 is 2.10 bits per heavy atom. The van der Waals surface area contributed by atoms with Crippen LogP contribution in [0.3, 0.4) is 0 Å². The molecule has 0 aliphatic carbocycles. The van der Waals surface area contributed by atoms with Gasteiger partial charge in [0.1, 0.15) is 5.76 Å². The van der Waals surface area contributed by atoms with Crippen molar-refractivity contribution in [1.82, 2.24) is 4.98 Å². The highest BCUT2D eigenvalue weighted by molar-refractivity contribution is 5.08. The zero-order valence-corrected chi connectivity index (χ0v) is 5.07. The lowest BCUT2D eigenvalue weighted by Crippen LogP contribution is -2.06. The van der Waals surface area contributed by atoms with Crippen molar-refractivity contribution in [2.45, 2.75) is 13.1 Å². The van der Waals surface area contributed by atoms with Gasteiger partial charge < -0.3 is 4.42 Å². The van der Waals surface area contributed by atoms with E-state index in [1.807, 2.05) is 0 Å². The summed E-state index contributed by atoms with van der Waals surface area (Å²) in [6.07, 6.45) is -3.62. The summed E-state index contributed by atoms with van der Waals surface area (Å²) in [5.41, 5.74) is -0.951. The van der Waals surface area contributed by atoms with Gasteiger partial charge in [-0.15, -0.1) is 0 Å². The predicted molar refractivity (Wildman–Crippen MR) is 26.2 cm³/mol. The number of oxazole rings is 1. The highest BCUT2D eigenvalue weighted by Crippen LogP contribution is 2.29. The molecule has 0 saturated heterocycles. The molecule has 1 aromatic rings. The normalized spacial score (nSPS) is 12.0. The molecule has 2 nitrogen and oxygen atoms in total. The Morgan fingerprint density at radius 1 is 1.50 bits per heavy atom. The maximum atomic E-state index is 11.8. The van der Waals surface area contributed by atoms with Gasteiger partial charge in [0.25, 0.3) is 0 Å². The number of hydrogen-bond donors (Lipinski definition) is 0. The topological polar surface area (TPSA) is 26.0 Å². The first-order valence-electron chi connectivity index (χ1n) is 2.49. The van der Waals surface area contributed by atoms with E-state index < -0.39 is 11.9 Å². The van der Waals surface area contributed by atoms with E-state index in [2.05, 4.69) is 9.40 Å². The van der Waals surface area contributed by atoms with Gasteiger partial charge in [-0.1, -0.05) is 0 Å². The van der Waals surface area contributed by atoms with E-state index >= 15 is 0 Å². The van der Waals surface area contributed by atoms with E-state index in [0.29, 0.717) is 0 Å². The molecule has 1 aromatic heterocycles. The van der Waals surface area contributed by atoms with Crippen LogP contribution in [0.25, 0.3) is 0 Å². The molecule has 0 atom stereocenters. The van der Waals surface area contributed by atoms with E-state index in [1.165, 1.54) is 6.92 Å². The quantitative estimate of drug-likeness (QED) is 0.566. The maximum Gasteiger partial charge on any atom is 0.436 e. The molecule has 0 amide bonds. The number of hydrogen-bond acceptors (Lipinski definition) is 2. The summed E-state index contributed by atoms with van der Waals surface area (Å²) in [7, 11) is 0. The van der Waals surface area contributed by atoms with Gasteiger partial charge in [0.15, 0.2) is 12.1 Å². The molecule has 56 valence electrons. The molecule has 1 rings (SSSR count). The molecule has 0 unspecified atom stereocenters. The van der Waals surface area contributed by atoms with Crippen molar-refractivity contribution in [2.75, 3.05) is 0 Å². The number of rotatable bonds is 0. The van der Waals surface area contributed by atoms with Crippen LogP contribution in [-0.2, 0) is 6.18 Å². The molecule has 0 saturated carbocycles. The molecule has 0 bridgehead atoms. The average molecular weight is 151 g/mol. The Hall–Kier alpha value is -1.00. The predicted octanol–water partition coefficient (Wildman–Crippen LogP) is 2.00. The van der Waals surface area contributed by atoms with E-state index in [4.69, 9.17) is 0 Å². The van der Waals surface area contributed by atoms with Crippen molar-refractivity contribution in [2.24, 2.45) is 0 Å². The van der Waals surface area contributed by atoms with Gasteiger partial charge >= 0.3 is 6.18 Å². The molecule has 0 N–H and O–H groups in total. The molecule has 0 radical (unpaired) electrons. The summed E-state index contributed by atoms with van der Waals surface area (Å²) in [5.74, 6) is -0.201. The van der Waals surface area contributed by atoms with Gasteiger partial charge in [-0.05, 0) is 6.92 Å². The van der Waals surface area contributed by atoms with Crippen LogP contribution in [0.1, 0.15) is 11.5 Å².